The van der Waals surface area contributed by atoms with Crippen LogP contribution in [-0.2, 0) is 11.3 Å². The van der Waals surface area contributed by atoms with Gasteiger partial charge in [0.1, 0.15) is 6.04 Å². The predicted octanol–water partition coefficient (Wildman–Crippen LogP) is 1.74. The third kappa shape index (κ3) is 3.63. The number of rotatable bonds is 7. The van der Waals surface area contributed by atoms with Gasteiger partial charge in [-0.2, -0.15) is 0 Å². The molecule has 100 valence electrons. The first-order valence-corrected chi connectivity index (χ1v) is 6.00. The number of hydrogen-bond acceptors (Lipinski definition) is 4. The molecule has 0 saturated heterocycles. The summed E-state index contributed by atoms with van der Waals surface area (Å²) in [5.74, 6) is -0.412. The van der Waals surface area contributed by atoms with Gasteiger partial charge in [0.05, 0.1) is 6.61 Å². The summed E-state index contributed by atoms with van der Waals surface area (Å²) in [5, 5.41) is 21.7. The number of nitrogens with one attached hydrogen (secondary N) is 1. The molecule has 5 nitrogen and oxygen atoms in total. The normalized spacial score (nSPS) is 12.1. The van der Waals surface area contributed by atoms with Gasteiger partial charge in [-0.05, 0) is 19.4 Å². The second-order valence-corrected chi connectivity index (χ2v) is 3.88. The van der Waals surface area contributed by atoms with Gasteiger partial charge in [-0.3, -0.25) is 4.79 Å². The van der Waals surface area contributed by atoms with Crippen molar-refractivity contribution in [2.24, 2.45) is 0 Å². The Morgan fingerprint density at radius 1 is 1.44 bits per heavy atom. The number of carbonyl (C=O) groups is 1. The van der Waals surface area contributed by atoms with E-state index >= 15 is 0 Å². The zero-order chi connectivity index (χ0) is 13.5. The first-order chi connectivity index (χ1) is 8.60. The van der Waals surface area contributed by atoms with Crippen LogP contribution in [0.1, 0.15) is 25.8 Å². The van der Waals surface area contributed by atoms with Gasteiger partial charge < -0.3 is 20.3 Å². The lowest BCUT2D eigenvalue weighted by molar-refractivity contribution is -0.139. The van der Waals surface area contributed by atoms with Crippen molar-refractivity contribution >= 4 is 5.97 Å². The number of carboxylic acids is 1. The fourth-order valence-corrected chi connectivity index (χ4v) is 1.62. The van der Waals surface area contributed by atoms with Gasteiger partial charge in [0.25, 0.3) is 0 Å². The van der Waals surface area contributed by atoms with E-state index in [-0.39, 0.29) is 12.3 Å². The van der Waals surface area contributed by atoms with E-state index in [1.54, 1.807) is 25.1 Å². The molecule has 0 aromatic heterocycles. The van der Waals surface area contributed by atoms with Crippen LogP contribution in [0.25, 0.3) is 0 Å². The largest absolute Gasteiger partial charge is 0.504 e. The minimum atomic E-state index is -0.891. The Labute approximate surface area is 106 Å². The Balaban J connectivity index is 2.72. The number of benzene rings is 1. The summed E-state index contributed by atoms with van der Waals surface area (Å²) in [6.07, 6.45) is 0.487. The molecule has 1 aromatic carbocycles. The lowest BCUT2D eigenvalue weighted by Gasteiger charge is -2.14. The molecule has 0 radical (unpaired) electrons. The van der Waals surface area contributed by atoms with Crippen LogP contribution in [0.4, 0.5) is 0 Å². The monoisotopic (exact) mass is 253 g/mol. The SMILES string of the molecule is CCOc1cccc(CNC(CC)C(=O)O)c1O. The molecule has 3 N–H and O–H groups in total. The van der Waals surface area contributed by atoms with Crippen LogP contribution in [0.5, 0.6) is 11.5 Å². The smallest absolute Gasteiger partial charge is 0.320 e. The maximum Gasteiger partial charge on any atom is 0.320 e. The van der Waals surface area contributed by atoms with Gasteiger partial charge in [-0.25, -0.2) is 0 Å². The highest BCUT2D eigenvalue weighted by atomic mass is 16.5. The maximum atomic E-state index is 10.9. The van der Waals surface area contributed by atoms with Gasteiger partial charge in [0.15, 0.2) is 11.5 Å². The minimum absolute atomic E-state index is 0.0621. The van der Waals surface area contributed by atoms with Crippen molar-refractivity contribution in [3.05, 3.63) is 23.8 Å². The lowest BCUT2D eigenvalue weighted by atomic mass is 10.1. The van der Waals surface area contributed by atoms with Crippen molar-refractivity contribution in [2.75, 3.05) is 6.61 Å². The fourth-order valence-electron chi connectivity index (χ4n) is 1.62. The third-order valence-electron chi connectivity index (χ3n) is 2.63. The topological polar surface area (TPSA) is 78.8 Å². The standard InChI is InChI=1S/C13H19NO4/c1-3-10(13(16)17)14-8-9-6-5-7-11(12(9)15)18-4-2/h5-7,10,14-15H,3-4,8H2,1-2H3,(H,16,17). The number of ether oxygens (including phenoxy) is 1. The first kappa shape index (κ1) is 14.3. The molecule has 0 aliphatic heterocycles. The van der Waals surface area contributed by atoms with Crippen LogP contribution < -0.4 is 10.1 Å². The van der Waals surface area contributed by atoms with Gasteiger partial charge in [0.2, 0.25) is 0 Å². The summed E-state index contributed by atoms with van der Waals surface area (Å²) in [5.41, 5.74) is 0.626. The second-order valence-electron chi connectivity index (χ2n) is 3.88. The van der Waals surface area contributed by atoms with Crippen molar-refractivity contribution in [1.29, 1.82) is 0 Å². The summed E-state index contributed by atoms with van der Waals surface area (Å²) >= 11 is 0. The first-order valence-electron chi connectivity index (χ1n) is 6.00. The van der Waals surface area contributed by atoms with Crippen molar-refractivity contribution in [3.8, 4) is 11.5 Å². The molecule has 0 heterocycles. The van der Waals surface area contributed by atoms with Gasteiger partial charge in [-0.1, -0.05) is 19.1 Å². The number of aromatic hydroxyl groups is 1. The Morgan fingerprint density at radius 2 is 2.17 bits per heavy atom. The van der Waals surface area contributed by atoms with E-state index in [1.165, 1.54) is 0 Å². The fraction of sp³-hybridized carbons (Fsp3) is 0.462. The van der Waals surface area contributed by atoms with Crippen molar-refractivity contribution in [3.63, 3.8) is 0 Å². The summed E-state index contributed by atoms with van der Waals surface area (Å²) in [6, 6.07) is 4.57. The lowest BCUT2D eigenvalue weighted by Crippen LogP contribution is -2.35. The van der Waals surface area contributed by atoms with Gasteiger partial charge in [0, 0.05) is 12.1 Å². The third-order valence-corrected chi connectivity index (χ3v) is 2.63. The van der Waals surface area contributed by atoms with E-state index in [2.05, 4.69) is 5.32 Å². The molecule has 0 fully saturated rings. The molecule has 0 spiro atoms. The number of hydrogen-bond donors (Lipinski definition) is 3. The summed E-state index contributed by atoms with van der Waals surface area (Å²) in [7, 11) is 0. The molecule has 1 aromatic rings. The van der Waals surface area contributed by atoms with Crippen LogP contribution in [0.2, 0.25) is 0 Å². The van der Waals surface area contributed by atoms with Crippen LogP contribution >= 0.6 is 0 Å². The zero-order valence-electron chi connectivity index (χ0n) is 10.6. The van der Waals surface area contributed by atoms with E-state index in [0.29, 0.717) is 24.3 Å². The number of phenolic OH excluding ortho intramolecular Hbond substituents is 1. The van der Waals surface area contributed by atoms with Crippen LogP contribution in [0.15, 0.2) is 18.2 Å². The van der Waals surface area contributed by atoms with Crippen molar-refractivity contribution in [2.45, 2.75) is 32.9 Å². The molecule has 18 heavy (non-hydrogen) atoms. The Morgan fingerprint density at radius 3 is 2.72 bits per heavy atom. The second kappa shape index (κ2) is 6.86. The van der Waals surface area contributed by atoms with Crippen molar-refractivity contribution < 1.29 is 19.7 Å². The number of para-hydroxylation sites is 1. The molecule has 1 atom stereocenters. The predicted molar refractivity (Wildman–Crippen MR) is 67.8 cm³/mol. The molecule has 1 unspecified atom stereocenters. The molecular weight excluding hydrogens is 234 g/mol. The molecule has 0 bridgehead atoms. The number of carboxylic acid groups (broad SMARTS) is 1. The van der Waals surface area contributed by atoms with Crippen LogP contribution in [-0.4, -0.2) is 28.8 Å². The van der Waals surface area contributed by atoms with E-state index in [4.69, 9.17) is 9.84 Å². The number of phenols is 1. The summed E-state index contributed by atoms with van der Waals surface area (Å²) < 4.78 is 5.26. The Bertz CT molecular complexity index is 406. The van der Waals surface area contributed by atoms with E-state index in [9.17, 15) is 9.90 Å². The zero-order valence-corrected chi connectivity index (χ0v) is 10.6. The van der Waals surface area contributed by atoms with Crippen LogP contribution in [0.3, 0.4) is 0 Å². The Kier molecular flexibility index (Phi) is 5.45. The quantitative estimate of drug-likeness (QED) is 0.690. The average Bonchev–Trinajstić information content (AvgIpc) is 2.34. The molecule has 0 aliphatic carbocycles. The van der Waals surface area contributed by atoms with E-state index < -0.39 is 12.0 Å². The minimum Gasteiger partial charge on any atom is -0.504 e. The number of aliphatic carboxylic acids is 1. The van der Waals surface area contributed by atoms with Gasteiger partial charge >= 0.3 is 5.97 Å². The molecular formula is C13H19NO4. The van der Waals surface area contributed by atoms with Gasteiger partial charge in [-0.15, -0.1) is 0 Å². The highest BCUT2D eigenvalue weighted by Crippen LogP contribution is 2.29. The van der Waals surface area contributed by atoms with Crippen LogP contribution in [0, 0.1) is 0 Å². The summed E-state index contributed by atoms with van der Waals surface area (Å²) in [4.78, 5) is 10.9. The van der Waals surface area contributed by atoms with Crippen molar-refractivity contribution in [1.82, 2.24) is 5.32 Å². The molecule has 1 rings (SSSR count). The van der Waals surface area contributed by atoms with E-state index in [0.717, 1.165) is 0 Å². The average molecular weight is 253 g/mol. The highest BCUT2D eigenvalue weighted by Gasteiger charge is 2.15. The Hall–Kier alpha value is -1.75. The maximum absolute atomic E-state index is 10.9. The molecule has 0 saturated carbocycles. The van der Waals surface area contributed by atoms with E-state index in [1.807, 2.05) is 6.92 Å². The highest BCUT2D eigenvalue weighted by molar-refractivity contribution is 5.73. The molecule has 0 aliphatic rings. The molecule has 5 heteroatoms. The summed E-state index contributed by atoms with van der Waals surface area (Å²) in [6.45, 7) is 4.39. The molecule has 0 amide bonds.